The molecule has 3 heterocycles. The van der Waals surface area contributed by atoms with Crippen molar-refractivity contribution < 1.29 is 13.2 Å². The van der Waals surface area contributed by atoms with E-state index in [0.717, 1.165) is 21.7 Å². The second-order valence-electron chi connectivity index (χ2n) is 7.67. The number of thioether (sulfide) groups is 1. The molecule has 11 heteroatoms. The van der Waals surface area contributed by atoms with Gasteiger partial charge in [-0.1, -0.05) is 23.9 Å². The molecule has 0 aliphatic carbocycles. The Morgan fingerprint density at radius 1 is 1.29 bits per heavy atom. The molecule has 3 aromatic rings. The summed E-state index contributed by atoms with van der Waals surface area (Å²) in [4.78, 5) is 15.9. The van der Waals surface area contributed by atoms with E-state index < -0.39 is 9.84 Å². The maximum atomic E-state index is 13.2. The topological polar surface area (TPSA) is 98.1 Å². The lowest BCUT2D eigenvalue weighted by atomic mass is 10.1. The van der Waals surface area contributed by atoms with Crippen molar-refractivity contribution in [3.63, 3.8) is 0 Å². The van der Waals surface area contributed by atoms with Crippen molar-refractivity contribution >= 4 is 38.8 Å². The van der Waals surface area contributed by atoms with Crippen LogP contribution in [-0.2, 0) is 21.2 Å². The minimum atomic E-state index is -3.10. The van der Waals surface area contributed by atoms with Gasteiger partial charge >= 0.3 is 0 Å². The Labute approximate surface area is 189 Å². The number of thiophene rings is 1. The van der Waals surface area contributed by atoms with Gasteiger partial charge in [0.1, 0.15) is 0 Å². The van der Waals surface area contributed by atoms with E-state index in [2.05, 4.69) is 21.6 Å². The van der Waals surface area contributed by atoms with Crippen molar-refractivity contribution in [2.24, 2.45) is 0 Å². The molecule has 0 N–H and O–H groups in total. The van der Waals surface area contributed by atoms with E-state index in [-0.39, 0.29) is 29.2 Å². The zero-order valence-corrected chi connectivity index (χ0v) is 19.7. The Morgan fingerprint density at radius 2 is 2.06 bits per heavy atom. The van der Waals surface area contributed by atoms with Gasteiger partial charge in [-0.2, -0.15) is 4.68 Å². The summed E-state index contributed by atoms with van der Waals surface area (Å²) in [6.45, 7) is 4.43. The molecular weight excluding hydrogens is 454 g/mol. The van der Waals surface area contributed by atoms with Crippen LogP contribution in [0.1, 0.15) is 22.4 Å². The van der Waals surface area contributed by atoms with Gasteiger partial charge in [0.2, 0.25) is 11.1 Å². The molecule has 8 nitrogen and oxygen atoms in total. The highest BCUT2D eigenvalue weighted by molar-refractivity contribution is 7.99. The number of nitrogens with zero attached hydrogens (tertiary/aromatic N) is 5. The fraction of sp³-hybridized carbons (Fsp3) is 0.400. The molecular formula is C20H23N5O3S3. The molecule has 0 unspecified atom stereocenters. The first-order valence-corrected chi connectivity index (χ1v) is 13.5. The Kier molecular flexibility index (Phi) is 6.44. The normalized spacial score (nSPS) is 17.7. The number of tetrazole rings is 1. The Balaban J connectivity index is 1.50. The van der Waals surface area contributed by atoms with Crippen molar-refractivity contribution in [3.8, 4) is 5.69 Å². The number of amides is 1. The fourth-order valence-electron chi connectivity index (χ4n) is 3.73. The fourth-order valence-corrected chi connectivity index (χ4v) is 6.94. The largest absolute Gasteiger partial charge is 0.333 e. The lowest BCUT2D eigenvalue weighted by Crippen LogP contribution is -2.41. The average Bonchev–Trinajstić information content (AvgIpc) is 3.44. The van der Waals surface area contributed by atoms with Gasteiger partial charge < -0.3 is 4.90 Å². The summed E-state index contributed by atoms with van der Waals surface area (Å²) >= 11 is 2.82. The van der Waals surface area contributed by atoms with E-state index in [1.54, 1.807) is 20.9 Å². The van der Waals surface area contributed by atoms with E-state index in [1.165, 1.54) is 11.8 Å². The molecule has 4 rings (SSSR count). The maximum absolute atomic E-state index is 13.2. The third kappa shape index (κ3) is 5.34. The van der Waals surface area contributed by atoms with E-state index in [0.29, 0.717) is 18.1 Å². The van der Waals surface area contributed by atoms with Crippen molar-refractivity contribution in [1.29, 1.82) is 0 Å². The van der Waals surface area contributed by atoms with Crippen LogP contribution in [0, 0.1) is 13.8 Å². The summed E-state index contributed by atoms with van der Waals surface area (Å²) < 4.78 is 25.6. The summed E-state index contributed by atoms with van der Waals surface area (Å²) in [5.74, 6) is 0.169. The van der Waals surface area contributed by atoms with E-state index in [9.17, 15) is 13.2 Å². The molecule has 1 aliphatic rings. The SMILES string of the molecule is Cc1cc(C)cc(-n2nnnc2SCC(=O)N(Cc2cccs2)[C@@H]2CCS(=O)(=O)C2)c1. The molecule has 1 aliphatic heterocycles. The number of carbonyl (C=O) groups excluding carboxylic acids is 1. The van der Waals surface area contributed by atoms with Gasteiger partial charge in [0, 0.05) is 10.9 Å². The predicted molar refractivity (Wildman–Crippen MR) is 121 cm³/mol. The standard InChI is InChI=1S/C20H23N5O3S3/c1-14-8-15(2)10-17(9-14)25-20(21-22-23-25)30-12-19(26)24(11-18-4-3-6-29-18)16-5-7-31(27,28)13-16/h3-4,6,8-10,16H,5,7,11-13H2,1-2H3/t16-/m1/s1. The first kappa shape index (κ1) is 22.0. The molecule has 31 heavy (non-hydrogen) atoms. The van der Waals surface area contributed by atoms with Gasteiger partial charge in [-0.3, -0.25) is 4.79 Å². The second kappa shape index (κ2) is 9.09. The minimum Gasteiger partial charge on any atom is -0.333 e. The molecule has 2 aromatic heterocycles. The van der Waals surface area contributed by atoms with Gasteiger partial charge in [-0.15, -0.1) is 16.4 Å². The van der Waals surface area contributed by atoms with Crippen LogP contribution < -0.4 is 0 Å². The third-order valence-electron chi connectivity index (χ3n) is 5.09. The van der Waals surface area contributed by atoms with Gasteiger partial charge in [-0.05, 0) is 65.4 Å². The van der Waals surface area contributed by atoms with Crippen LogP contribution in [0.4, 0.5) is 0 Å². The summed E-state index contributed by atoms with van der Waals surface area (Å²) in [6, 6.07) is 9.64. The molecule has 0 spiro atoms. The van der Waals surface area contributed by atoms with Crippen LogP contribution in [0.3, 0.4) is 0 Å². The summed E-state index contributed by atoms with van der Waals surface area (Å²) in [5.41, 5.74) is 3.04. The zero-order chi connectivity index (χ0) is 22.0. The summed E-state index contributed by atoms with van der Waals surface area (Å²) in [7, 11) is -3.10. The molecule has 1 fully saturated rings. The van der Waals surface area contributed by atoms with Crippen molar-refractivity contribution in [1.82, 2.24) is 25.1 Å². The molecule has 0 bridgehead atoms. The number of sulfone groups is 1. The Bertz CT molecular complexity index is 1150. The number of hydrogen-bond acceptors (Lipinski definition) is 8. The van der Waals surface area contributed by atoms with Crippen molar-refractivity contribution in [2.75, 3.05) is 17.3 Å². The molecule has 1 saturated heterocycles. The Hall–Kier alpha value is -2.24. The minimum absolute atomic E-state index is 0.0229. The summed E-state index contributed by atoms with van der Waals surface area (Å²) in [5, 5.41) is 14.4. The number of aromatic nitrogens is 4. The van der Waals surface area contributed by atoms with Crippen LogP contribution in [0.25, 0.3) is 5.69 Å². The molecule has 0 radical (unpaired) electrons. The molecule has 0 saturated carbocycles. The van der Waals surface area contributed by atoms with Gasteiger partial charge in [0.25, 0.3) is 0 Å². The van der Waals surface area contributed by atoms with E-state index >= 15 is 0 Å². The number of hydrogen-bond donors (Lipinski definition) is 0. The van der Waals surface area contributed by atoms with Gasteiger partial charge in [-0.25, -0.2) is 8.42 Å². The van der Waals surface area contributed by atoms with Crippen LogP contribution >= 0.6 is 23.1 Å². The first-order chi connectivity index (χ1) is 14.8. The van der Waals surface area contributed by atoms with Crippen LogP contribution in [-0.4, -0.2) is 62.7 Å². The molecule has 1 aromatic carbocycles. The lowest BCUT2D eigenvalue weighted by molar-refractivity contribution is -0.130. The number of aryl methyl sites for hydroxylation is 2. The average molecular weight is 478 g/mol. The lowest BCUT2D eigenvalue weighted by Gasteiger charge is -2.27. The van der Waals surface area contributed by atoms with Crippen molar-refractivity contribution in [3.05, 3.63) is 51.7 Å². The number of carbonyl (C=O) groups is 1. The predicted octanol–water partition coefficient (Wildman–Crippen LogP) is 2.65. The van der Waals surface area contributed by atoms with Crippen LogP contribution in [0.2, 0.25) is 0 Å². The molecule has 1 amide bonds. The third-order valence-corrected chi connectivity index (χ3v) is 8.61. The second-order valence-corrected chi connectivity index (χ2v) is 11.9. The number of benzene rings is 1. The monoisotopic (exact) mass is 477 g/mol. The van der Waals surface area contributed by atoms with E-state index in [1.807, 2.05) is 43.5 Å². The zero-order valence-electron chi connectivity index (χ0n) is 17.3. The van der Waals surface area contributed by atoms with E-state index in [4.69, 9.17) is 0 Å². The van der Waals surface area contributed by atoms with Crippen molar-refractivity contribution in [2.45, 2.75) is 38.0 Å². The van der Waals surface area contributed by atoms with Crippen LogP contribution in [0.5, 0.6) is 0 Å². The Morgan fingerprint density at radius 3 is 2.71 bits per heavy atom. The smallest absolute Gasteiger partial charge is 0.233 e. The first-order valence-electron chi connectivity index (χ1n) is 9.83. The maximum Gasteiger partial charge on any atom is 0.233 e. The highest BCUT2D eigenvalue weighted by Gasteiger charge is 2.35. The molecule has 164 valence electrons. The van der Waals surface area contributed by atoms with Gasteiger partial charge in [0.15, 0.2) is 9.84 Å². The quantitative estimate of drug-likeness (QED) is 0.483. The van der Waals surface area contributed by atoms with Gasteiger partial charge in [0.05, 0.1) is 29.5 Å². The van der Waals surface area contributed by atoms with Crippen LogP contribution in [0.15, 0.2) is 40.9 Å². The molecule has 1 atom stereocenters. The highest BCUT2D eigenvalue weighted by atomic mass is 32.2. The summed E-state index contributed by atoms with van der Waals surface area (Å²) in [6.07, 6.45) is 0.477. The highest BCUT2D eigenvalue weighted by Crippen LogP contribution is 2.25. The number of rotatable bonds is 7.